The lowest BCUT2D eigenvalue weighted by Crippen LogP contribution is -2.39. The zero-order chi connectivity index (χ0) is 28.0. The number of aromatic nitrogens is 2. The van der Waals surface area contributed by atoms with E-state index in [1.807, 2.05) is 57.9 Å². The smallest absolute Gasteiger partial charge is 0.265 e. The molecule has 4 N–H and O–H groups in total. The molecule has 14 heteroatoms. The van der Waals surface area contributed by atoms with E-state index in [-0.39, 0.29) is 11.5 Å². The van der Waals surface area contributed by atoms with E-state index in [4.69, 9.17) is 9.11 Å². The Hall–Kier alpha value is -1.26. The summed E-state index contributed by atoms with van der Waals surface area (Å²) in [5.41, 5.74) is 2.05. The Morgan fingerprint density at radius 3 is 1.45 bits per heavy atom. The molecule has 214 valence electrons. The Bertz CT molecular complexity index is 1100. The van der Waals surface area contributed by atoms with Crippen molar-refractivity contribution >= 4 is 43.8 Å². The van der Waals surface area contributed by atoms with Gasteiger partial charge in [-0.2, -0.15) is 40.4 Å². The fraction of sp³-hybridized carbons (Fsp3) is 0.583. The van der Waals surface area contributed by atoms with Gasteiger partial charge in [0.05, 0.1) is 23.7 Å². The first kappa shape index (κ1) is 32.9. The van der Waals surface area contributed by atoms with Gasteiger partial charge in [0, 0.05) is 73.0 Å². The van der Waals surface area contributed by atoms with Crippen LogP contribution in [0.5, 0.6) is 0 Å². The molecule has 0 amide bonds. The van der Waals surface area contributed by atoms with E-state index in [1.165, 1.54) is 23.5 Å². The zero-order valence-electron chi connectivity index (χ0n) is 21.2. The Morgan fingerprint density at radius 2 is 1.08 bits per heavy atom. The number of nitrogens with zero attached hydrogens (tertiary/aromatic N) is 2. The SMILES string of the molecule is O=S(=O)(O)CCC[n+]1ccccc1CCSC[C@@H](O)[C@@H](O)CSCCc1cccc[n+]1CCCS(=O)(=O)O. The van der Waals surface area contributed by atoms with Crippen molar-refractivity contribution in [3.05, 3.63) is 60.2 Å². The summed E-state index contributed by atoms with van der Waals surface area (Å²) in [4.78, 5) is 0. The van der Waals surface area contributed by atoms with Crippen molar-refractivity contribution < 1.29 is 45.3 Å². The van der Waals surface area contributed by atoms with E-state index < -0.39 is 32.4 Å². The lowest BCUT2D eigenvalue weighted by molar-refractivity contribution is -0.704. The molecule has 2 aromatic heterocycles. The predicted octanol–water partition coefficient (Wildman–Crippen LogP) is 0.791. The van der Waals surface area contributed by atoms with Gasteiger partial charge in [-0.05, 0) is 0 Å². The van der Waals surface area contributed by atoms with Crippen molar-refractivity contribution in [2.24, 2.45) is 0 Å². The molecule has 2 rings (SSSR count). The summed E-state index contributed by atoms with van der Waals surface area (Å²) < 4.78 is 65.5. The molecular formula is C24H38N2O8S4+2. The minimum atomic E-state index is -3.98. The van der Waals surface area contributed by atoms with E-state index in [2.05, 4.69) is 0 Å². The van der Waals surface area contributed by atoms with Gasteiger partial charge in [-0.25, -0.2) is 9.13 Å². The first-order valence-corrected chi connectivity index (χ1v) is 17.8. The number of aryl methyl sites for hydroxylation is 4. The van der Waals surface area contributed by atoms with Crippen LogP contribution in [0.3, 0.4) is 0 Å². The molecule has 0 unspecified atom stereocenters. The van der Waals surface area contributed by atoms with E-state index in [9.17, 15) is 27.0 Å². The minimum absolute atomic E-state index is 0.284. The molecule has 2 heterocycles. The molecule has 0 bridgehead atoms. The van der Waals surface area contributed by atoms with Gasteiger partial charge in [0.1, 0.15) is 13.1 Å². The second-order valence-corrected chi connectivity index (χ2v) is 14.3. The van der Waals surface area contributed by atoms with Gasteiger partial charge in [-0.1, -0.05) is 12.1 Å². The highest BCUT2D eigenvalue weighted by Gasteiger charge is 2.18. The van der Waals surface area contributed by atoms with E-state index in [1.54, 1.807) is 0 Å². The van der Waals surface area contributed by atoms with Crippen LogP contribution in [0, 0.1) is 0 Å². The van der Waals surface area contributed by atoms with Crippen molar-refractivity contribution in [2.45, 2.75) is 51.0 Å². The summed E-state index contributed by atoms with van der Waals surface area (Å²) in [6, 6.07) is 11.5. The molecule has 0 saturated heterocycles. The van der Waals surface area contributed by atoms with Crippen LogP contribution in [0.4, 0.5) is 0 Å². The Morgan fingerprint density at radius 1 is 0.684 bits per heavy atom. The maximum atomic E-state index is 10.9. The van der Waals surface area contributed by atoms with Gasteiger partial charge in [-0.15, -0.1) is 0 Å². The maximum Gasteiger partial charge on any atom is 0.265 e. The second-order valence-electron chi connectivity index (χ2n) is 8.83. The third-order valence-electron chi connectivity index (χ3n) is 5.70. The molecule has 0 radical (unpaired) electrons. The van der Waals surface area contributed by atoms with Crippen LogP contribution < -0.4 is 9.13 Å². The molecule has 0 aliphatic carbocycles. The highest BCUT2D eigenvalue weighted by molar-refractivity contribution is 7.99. The number of aliphatic hydroxyl groups excluding tert-OH is 2. The number of pyridine rings is 2. The topological polar surface area (TPSA) is 157 Å². The van der Waals surface area contributed by atoms with Crippen molar-refractivity contribution in [1.82, 2.24) is 0 Å². The molecule has 2 aromatic rings. The molecule has 0 aliphatic rings. The first-order chi connectivity index (χ1) is 17.9. The number of hydrogen-bond donors (Lipinski definition) is 4. The summed E-state index contributed by atoms with van der Waals surface area (Å²) >= 11 is 3.07. The zero-order valence-corrected chi connectivity index (χ0v) is 24.5. The molecule has 0 aliphatic heterocycles. The van der Waals surface area contributed by atoms with Gasteiger partial charge in [0.2, 0.25) is 0 Å². The first-order valence-electron chi connectivity index (χ1n) is 12.3. The average molecular weight is 611 g/mol. The highest BCUT2D eigenvalue weighted by Crippen LogP contribution is 2.13. The van der Waals surface area contributed by atoms with E-state index in [0.717, 1.165) is 35.7 Å². The lowest BCUT2D eigenvalue weighted by Gasteiger charge is -2.17. The molecule has 10 nitrogen and oxygen atoms in total. The minimum Gasteiger partial charge on any atom is -0.390 e. The van der Waals surface area contributed by atoms with Gasteiger partial charge in [0.25, 0.3) is 20.2 Å². The van der Waals surface area contributed by atoms with Crippen LogP contribution in [0.2, 0.25) is 0 Å². The molecule has 0 spiro atoms. The monoisotopic (exact) mass is 610 g/mol. The fourth-order valence-corrected chi connectivity index (χ4v) is 6.69. The summed E-state index contributed by atoms with van der Waals surface area (Å²) in [5, 5.41) is 20.7. The Labute approximate surface area is 234 Å². The number of hydrogen-bond acceptors (Lipinski definition) is 8. The van der Waals surface area contributed by atoms with Crippen LogP contribution in [0.1, 0.15) is 24.2 Å². The fourth-order valence-electron chi connectivity index (χ4n) is 3.73. The van der Waals surface area contributed by atoms with Crippen LogP contribution in [0.15, 0.2) is 48.8 Å². The summed E-state index contributed by atoms with van der Waals surface area (Å²) in [5.74, 6) is 1.67. The van der Waals surface area contributed by atoms with Crippen molar-refractivity contribution in [2.75, 3.05) is 34.5 Å². The van der Waals surface area contributed by atoms with E-state index >= 15 is 0 Å². The Kier molecular flexibility index (Phi) is 14.5. The van der Waals surface area contributed by atoms with E-state index in [0.29, 0.717) is 37.4 Å². The van der Waals surface area contributed by atoms with Crippen LogP contribution in [-0.2, 0) is 46.2 Å². The predicted molar refractivity (Wildman–Crippen MR) is 149 cm³/mol. The molecule has 38 heavy (non-hydrogen) atoms. The summed E-state index contributed by atoms with van der Waals surface area (Å²) in [6.07, 6.45) is 4.10. The third-order valence-corrected chi connectivity index (χ3v) is 9.45. The number of rotatable bonds is 19. The van der Waals surface area contributed by atoms with Gasteiger partial charge >= 0.3 is 0 Å². The lowest BCUT2D eigenvalue weighted by atomic mass is 10.2. The van der Waals surface area contributed by atoms with Crippen LogP contribution in [0.25, 0.3) is 0 Å². The highest BCUT2D eigenvalue weighted by atomic mass is 32.2. The van der Waals surface area contributed by atoms with Gasteiger partial charge in [-0.3, -0.25) is 9.11 Å². The van der Waals surface area contributed by atoms with Gasteiger partial charge < -0.3 is 10.2 Å². The second kappa shape index (κ2) is 16.8. The van der Waals surface area contributed by atoms with Crippen molar-refractivity contribution in [1.29, 1.82) is 0 Å². The average Bonchev–Trinajstić information content (AvgIpc) is 2.84. The van der Waals surface area contributed by atoms with Crippen molar-refractivity contribution in [3.8, 4) is 0 Å². The Balaban J connectivity index is 1.67. The standard InChI is InChI=1S/C24H36N2O8S4/c27-23(19-35-15-9-21-7-1-3-11-25(21)13-5-17-37(29,30)31)24(28)20-36-16-10-22-8-2-4-12-26(22)14-6-18-38(32,33)34/h1-4,7-8,11-12,23-24,27-28H,5-6,9-10,13-20H2/p+2/t23-,24+. The number of thioether (sulfide) groups is 2. The third kappa shape index (κ3) is 14.2. The molecule has 2 atom stereocenters. The normalized spacial score (nSPS) is 13.9. The molecular weight excluding hydrogens is 573 g/mol. The quantitative estimate of drug-likeness (QED) is 0.102. The molecule has 0 fully saturated rings. The van der Waals surface area contributed by atoms with Gasteiger partial charge in [0.15, 0.2) is 23.8 Å². The van der Waals surface area contributed by atoms with Crippen molar-refractivity contribution in [3.63, 3.8) is 0 Å². The largest absolute Gasteiger partial charge is 0.390 e. The number of aliphatic hydroxyl groups is 2. The van der Waals surface area contributed by atoms with Crippen LogP contribution in [-0.4, -0.2) is 82.9 Å². The van der Waals surface area contributed by atoms with Crippen LogP contribution >= 0.6 is 23.5 Å². The summed E-state index contributed by atoms with van der Waals surface area (Å²) in [7, 11) is -7.95. The summed E-state index contributed by atoms with van der Waals surface area (Å²) in [6.45, 7) is 0.958. The molecule has 0 aromatic carbocycles. The molecule has 0 saturated carbocycles. The maximum absolute atomic E-state index is 10.9.